The van der Waals surface area contributed by atoms with Crippen LogP contribution in [0.2, 0.25) is 0 Å². The molecule has 0 aliphatic rings. The Bertz CT molecular complexity index is 626. The number of benzene rings is 1. The van der Waals surface area contributed by atoms with E-state index < -0.39 is 17.5 Å². The van der Waals surface area contributed by atoms with Gasteiger partial charge in [-0.1, -0.05) is 12.1 Å². The van der Waals surface area contributed by atoms with Gasteiger partial charge in [0.1, 0.15) is 0 Å². The van der Waals surface area contributed by atoms with E-state index in [0.29, 0.717) is 0 Å². The first kappa shape index (κ1) is 13.1. The molecule has 0 radical (unpaired) electrons. The van der Waals surface area contributed by atoms with Gasteiger partial charge in [-0.2, -0.15) is 18.3 Å². The van der Waals surface area contributed by atoms with Crippen LogP contribution in [0.15, 0.2) is 30.5 Å². The zero-order valence-electron chi connectivity index (χ0n) is 9.77. The number of alkyl halides is 3. The number of rotatable bonds is 2. The molecule has 0 amide bonds. The number of ketones is 1. The molecule has 4 nitrogen and oxygen atoms in total. The zero-order valence-corrected chi connectivity index (χ0v) is 9.77. The van der Waals surface area contributed by atoms with Crippen LogP contribution in [0.25, 0.3) is 11.3 Å². The summed E-state index contributed by atoms with van der Waals surface area (Å²) in [5.41, 5.74) is -0.383. The second-order valence-electron chi connectivity index (χ2n) is 3.80. The Kier molecular flexibility index (Phi) is 3.28. The van der Waals surface area contributed by atoms with Crippen molar-refractivity contribution in [3.63, 3.8) is 0 Å². The molecule has 0 fully saturated rings. The number of carbonyl (C=O) groups is 1. The van der Waals surface area contributed by atoms with E-state index in [1.54, 1.807) is 0 Å². The summed E-state index contributed by atoms with van der Waals surface area (Å²) >= 11 is 0. The zero-order chi connectivity index (χ0) is 14.0. The fourth-order valence-corrected chi connectivity index (χ4v) is 1.45. The van der Waals surface area contributed by atoms with Crippen molar-refractivity contribution >= 4 is 5.78 Å². The standard InChI is InChI=1S/C12H8F3N3O/c1-7(19)11-17-10(6-16-18-11)8-3-2-4-9(5-8)12(13,14)15/h2-6H,1H3. The molecule has 0 saturated heterocycles. The van der Waals surface area contributed by atoms with E-state index in [4.69, 9.17) is 0 Å². The number of hydrogen-bond acceptors (Lipinski definition) is 4. The van der Waals surface area contributed by atoms with Gasteiger partial charge in [0, 0.05) is 12.5 Å². The molecule has 0 aliphatic heterocycles. The molecule has 19 heavy (non-hydrogen) atoms. The predicted molar refractivity (Wildman–Crippen MR) is 60.3 cm³/mol. The van der Waals surface area contributed by atoms with Crippen LogP contribution >= 0.6 is 0 Å². The highest BCUT2D eigenvalue weighted by Gasteiger charge is 2.30. The molecule has 2 rings (SSSR count). The van der Waals surface area contributed by atoms with E-state index in [9.17, 15) is 18.0 Å². The van der Waals surface area contributed by atoms with Crippen LogP contribution in [-0.2, 0) is 6.18 Å². The Balaban J connectivity index is 2.48. The summed E-state index contributed by atoms with van der Waals surface area (Å²) in [6.45, 7) is 1.26. The van der Waals surface area contributed by atoms with E-state index in [1.807, 2.05) is 0 Å². The quantitative estimate of drug-likeness (QED) is 0.785. The number of halogens is 3. The number of hydrogen-bond donors (Lipinski definition) is 0. The van der Waals surface area contributed by atoms with Crippen LogP contribution < -0.4 is 0 Å². The number of Topliss-reactive ketones (excluding diaryl/α,β-unsaturated/α-hetero) is 1. The molecule has 0 unspecified atom stereocenters. The average Bonchev–Trinajstić information content (AvgIpc) is 2.38. The van der Waals surface area contributed by atoms with Gasteiger partial charge in [-0.25, -0.2) is 4.98 Å². The summed E-state index contributed by atoms with van der Waals surface area (Å²) in [5, 5.41) is 7.06. The first-order valence-electron chi connectivity index (χ1n) is 5.26. The van der Waals surface area contributed by atoms with Crippen molar-refractivity contribution in [1.82, 2.24) is 15.2 Å². The monoisotopic (exact) mass is 267 g/mol. The van der Waals surface area contributed by atoms with Crippen molar-refractivity contribution in [2.24, 2.45) is 0 Å². The van der Waals surface area contributed by atoms with Gasteiger partial charge in [0.05, 0.1) is 17.5 Å². The molecule has 1 aromatic heterocycles. The second-order valence-corrected chi connectivity index (χ2v) is 3.80. The lowest BCUT2D eigenvalue weighted by Crippen LogP contribution is -2.06. The maximum Gasteiger partial charge on any atom is 0.416 e. The minimum atomic E-state index is -4.43. The molecule has 0 saturated carbocycles. The topological polar surface area (TPSA) is 55.7 Å². The SMILES string of the molecule is CC(=O)c1nncc(-c2cccc(C(F)(F)F)c2)n1. The number of aromatic nitrogens is 3. The Labute approximate surface area is 106 Å². The van der Waals surface area contributed by atoms with E-state index in [1.165, 1.54) is 25.3 Å². The third-order valence-electron chi connectivity index (χ3n) is 2.36. The maximum atomic E-state index is 12.6. The lowest BCUT2D eigenvalue weighted by Gasteiger charge is -2.08. The van der Waals surface area contributed by atoms with Crippen LogP contribution in [0.3, 0.4) is 0 Å². The van der Waals surface area contributed by atoms with Crippen molar-refractivity contribution < 1.29 is 18.0 Å². The molecule has 2 aromatic rings. The molecule has 1 aromatic carbocycles. The van der Waals surface area contributed by atoms with Crippen LogP contribution in [-0.4, -0.2) is 21.0 Å². The van der Waals surface area contributed by atoms with Crippen LogP contribution in [0.1, 0.15) is 23.1 Å². The van der Waals surface area contributed by atoms with Gasteiger partial charge in [-0.05, 0) is 12.1 Å². The normalized spacial score (nSPS) is 11.4. The Hall–Kier alpha value is -2.31. The largest absolute Gasteiger partial charge is 0.416 e. The first-order valence-corrected chi connectivity index (χ1v) is 5.26. The Morgan fingerprint density at radius 1 is 1.26 bits per heavy atom. The molecule has 0 N–H and O–H groups in total. The minimum Gasteiger partial charge on any atom is -0.291 e. The molecule has 7 heteroatoms. The molecule has 98 valence electrons. The fourth-order valence-electron chi connectivity index (χ4n) is 1.45. The molecular weight excluding hydrogens is 259 g/mol. The van der Waals surface area contributed by atoms with Gasteiger partial charge in [0.15, 0.2) is 5.78 Å². The van der Waals surface area contributed by atoms with Gasteiger partial charge < -0.3 is 0 Å². The smallest absolute Gasteiger partial charge is 0.291 e. The van der Waals surface area contributed by atoms with Gasteiger partial charge in [-0.15, -0.1) is 5.10 Å². The van der Waals surface area contributed by atoms with Crippen LogP contribution in [0, 0.1) is 0 Å². The van der Waals surface area contributed by atoms with Crippen molar-refractivity contribution in [2.45, 2.75) is 13.1 Å². The lowest BCUT2D eigenvalue weighted by molar-refractivity contribution is -0.137. The molecule has 0 bridgehead atoms. The van der Waals surface area contributed by atoms with E-state index in [0.717, 1.165) is 12.1 Å². The minimum absolute atomic E-state index is 0.130. The highest BCUT2D eigenvalue weighted by Crippen LogP contribution is 2.31. The average molecular weight is 267 g/mol. The van der Waals surface area contributed by atoms with Crippen molar-refractivity contribution in [3.8, 4) is 11.3 Å². The third kappa shape index (κ3) is 2.93. The summed E-state index contributed by atoms with van der Waals surface area (Å²) < 4.78 is 37.8. The Morgan fingerprint density at radius 2 is 2.00 bits per heavy atom. The summed E-state index contributed by atoms with van der Waals surface area (Å²) in [7, 11) is 0. The number of nitrogens with zero attached hydrogens (tertiary/aromatic N) is 3. The molecule has 0 spiro atoms. The fraction of sp³-hybridized carbons (Fsp3) is 0.167. The first-order chi connectivity index (χ1) is 8.88. The maximum absolute atomic E-state index is 12.6. The van der Waals surface area contributed by atoms with Crippen LogP contribution in [0.4, 0.5) is 13.2 Å². The molecular formula is C12H8F3N3O. The van der Waals surface area contributed by atoms with E-state index in [-0.39, 0.29) is 17.1 Å². The predicted octanol–water partition coefficient (Wildman–Crippen LogP) is 2.76. The van der Waals surface area contributed by atoms with Gasteiger partial charge in [0.2, 0.25) is 5.82 Å². The van der Waals surface area contributed by atoms with Crippen molar-refractivity contribution in [3.05, 3.63) is 41.9 Å². The highest BCUT2D eigenvalue weighted by atomic mass is 19.4. The van der Waals surface area contributed by atoms with Gasteiger partial charge >= 0.3 is 6.18 Å². The van der Waals surface area contributed by atoms with E-state index in [2.05, 4.69) is 15.2 Å². The van der Waals surface area contributed by atoms with Crippen molar-refractivity contribution in [2.75, 3.05) is 0 Å². The summed E-state index contributed by atoms with van der Waals surface area (Å²) in [4.78, 5) is 15.0. The van der Waals surface area contributed by atoms with Crippen molar-refractivity contribution in [1.29, 1.82) is 0 Å². The molecule has 0 aliphatic carbocycles. The summed E-state index contributed by atoms with van der Waals surface area (Å²) in [6.07, 6.45) is -3.22. The molecule has 1 heterocycles. The van der Waals surface area contributed by atoms with Gasteiger partial charge in [-0.3, -0.25) is 4.79 Å². The third-order valence-corrected chi connectivity index (χ3v) is 2.36. The highest BCUT2D eigenvalue weighted by molar-refractivity contribution is 5.90. The van der Waals surface area contributed by atoms with E-state index >= 15 is 0 Å². The summed E-state index contributed by atoms with van der Waals surface area (Å²) in [5.74, 6) is -0.531. The summed E-state index contributed by atoms with van der Waals surface area (Å²) in [6, 6.07) is 4.65. The second kappa shape index (κ2) is 4.75. The van der Waals surface area contributed by atoms with Crippen LogP contribution in [0.5, 0.6) is 0 Å². The molecule has 0 atom stereocenters. The Morgan fingerprint density at radius 3 is 2.63 bits per heavy atom. The van der Waals surface area contributed by atoms with Gasteiger partial charge in [0.25, 0.3) is 0 Å². The number of carbonyl (C=O) groups excluding carboxylic acids is 1. The lowest BCUT2D eigenvalue weighted by atomic mass is 10.1.